The molecular weight excluding hydrogens is 597 g/mol. The summed E-state index contributed by atoms with van der Waals surface area (Å²) >= 11 is 7.03. The molecule has 0 spiro atoms. The lowest BCUT2D eigenvalue weighted by Crippen LogP contribution is -2.28. The average molecular weight is 623 g/mol. The molecule has 0 amide bonds. The van der Waals surface area contributed by atoms with Crippen LogP contribution in [0.25, 0.3) is 17.1 Å². The predicted molar refractivity (Wildman–Crippen MR) is 164 cm³/mol. The van der Waals surface area contributed by atoms with Crippen molar-refractivity contribution in [2.75, 3.05) is 10.7 Å². The van der Waals surface area contributed by atoms with Gasteiger partial charge >= 0.3 is 11.5 Å². The number of ether oxygens (including phenoxy) is 1. The minimum atomic E-state index is -4.74. The number of benzene rings is 3. The molecule has 0 bridgehead atoms. The molecule has 4 aromatic rings. The minimum Gasteiger partial charge on any atom is -0.406 e. The number of allylic oxidation sites excluding steroid dienone is 1. The van der Waals surface area contributed by atoms with Crippen LogP contribution in [0.3, 0.4) is 0 Å². The Balaban J connectivity index is 1.04. The maximum Gasteiger partial charge on any atom is 0.573 e. The van der Waals surface area contributed by atoms with Crippen molar-refractivity contribution in [3.8, 4) is 22.8 Å². The second-order valence-electron chi connectivity index (χ2n) is 9.97. The van der Waals surface area contributed by atoms with E-state index in [-0.39, 0.29) is 10.9 Å². The van der Waals surface area contributed by atoms with E-state index in [4.69, 9.17) is 17.1 Å². The second-order valence-corrected chi connectivity index (χ2v) is 11.3. The number of halogens is 3. The third kappa shape index (κ3) is 6.58. The van der Waals surface area contributed by atoms with Crippen LogP contribution in [0.1, 0.15) is 29.5 Å². The Labute approximate surface area is 255 Å². The molecule has 1 N–H and O–H groups in total. The van der Waals surface area contributed by atoms with Gasteiger partial charge < -0.3 is 9.57 Å². The highest BCUT2D eigenvalue weighted by atomic mass is 32.2. The number of aryl methyl sites for hydroxylation is 1. The van der Waals surface area contributed by atoms with Gasteiger partial charge in [-0.05, 0) is 66.2 Å². The van der Waals surface area contributed by atoms with Crippen molar-refractivity contribution < 1.29 is 22.7 Å². The second kappa shape index (κ2) is 11.8. The first-order valence-electron chi connectivity index (χ1n) is 13.3. The van der Waals surface area contributed by atoms with Gasteiger partial charge in [-0.1, -0.05) is 61.2 Å². The highest BCUT2D eigenvalue weighted by molar-refractivity contribution is 8.14. The number of anilines is 1. The van der Waals surface area contributed by atoms with Crippen molar-refractivity contribution in [3.63, 3.8) is 0 Å². The number of aromatic nitrogens is 3. The standard InChI is InChI=1S/C30H25F3N6O2S2/c1-18-3-12-25-19(2)14-23-16-43-28(39(23)26(25)13-18)36-29(42)41-35-15-20-4-6-21(7-5-20)27-34-17-38(37-27)22-8-10-24(11-9-22)40-30(31,32)33/h3-14,17,19,35H,15-16H2,1-2H3/b36-28-. The molecule has 3 heterocycles. The zero-order valence-electron chi connectivity index (χ0n) is 23.0. The number of hydrogen-bond acceptors (Lipinski definition) is 7. The van der Waals surface area contributed by atoms with E-state index in [0.717, 1.165) is 27.7 Å². The normalized spacial score (nSPS) is 17.0. The van der Waals surface area contributed by atoms with Gasteiger partial charge in [0.05, 0.1) is 17.9 Å². The van der Waals surface area contributed by atoms with Gasteiger partial charge in [0.25, 0.3) is 0 Å². The van der Waals surface area contributed by atoms with Crippen LogP contribution in [0.4, 0.5) is 18.9 Å². The molecule has 2 aliphatic heterocycles. The molecule has 1 fully saturated rings. The first-order valence-corrected chi connectivity index (χ1v) is 14.7. The molecule has 13 heteroatoms. The third-order valence-electron chi connectivity index (χ3n) is 6.85. The van der Waals surface area contributed by atoms with Crippen molar-refractivity contribution in [3.05, 3.63) is 102 Å². The van der Waals surface area contributed by atoms with Gasteiger partial charge in [0.2, 0.25) is 0 Å². The zero-order valence-corrected chi connectivity index (χ0v) is 24.6. The van der Waals surface area contributed by atoms with E-state index in [1.807, 2.05) is 24.3 Å². The van der Waals surface area contributed by atoms with E-state index in [0.29, 0.717) is 24.0 Å². The van der Waals surface area contributed by atoms with Crippen molar-refractivity contribution >= 4 is 40.0 Å². The monoisotopic (exact) mass is 622 g/mol. The summed E-state index contributed by atoms with van der Waals surface area (Å²) in [4.78, 5) is 16.6. The number of nitrogens with zero attached hydrogens (tertiary/aromatic N) is 5. The summed E-state index contributed by atoms with van der Waals surface area (Å²) in [5, 5.41) is 5.32. The molecule has 2 aliphatic rings. The Morgan fingerprint density at radius 3 is 2.63 bits per heavy atom. The molecule has 1 saturated heterocycles. The van der Waals surface area contributed by atoms with Crippen LogP contribution in [-0.4, -0.2) is 37.2 Å². The highest BCUT2D eigenvalue weighted by Gasteiger charge is 2.33. The SMILES string of the molecule is Cc1ccc2c(c1)N1C(=CC2C)CS/C1=N\C(=S)ONCc1ccc(-c2ncn(-c3ccc(OC(F)(F)F)cc3)n2)cc1. The number of nitrogens with one attached hydrogen (secondary N) is 1. The third-order valence-corrected chi connectivity index (χ3v) is 8.00. The molecular formula is C30H25F3N6O2S2. The Bertz CT molecular complexity index is 1720. The van der Waals surface area contributed by atoms with Gasteiger partial charge in [0, 0.05) is 22.9 Å². The van der Waals surface area contributed by atoms with Gasteiger partial charge in [-0.25, -0.2) is 9.67 Å². The van der Waals surface area contributed by atoms with Crippen LogP contribution in [0, 0.1) is 6.92 Å². The van der Waals surface area contributed by atoms with Crippen LogP contribution < -0.4 is 15.1 Å². The molecule has 0 aliphatic carbocycles. The number of rotatable bonds is 6. The molecule has 3 aromatic carbocycles. The molecule has 0 saturated carbocycles. The fraction of sp³-hybridized carbons (Fsp3) is 0.200. The number of amidine groups is 1. The first-order chi connectivity index (χ1) is 20.6. The van der Waals surface area contributed by atoms with E-state index < -0.39 is 6.36 Å². The molecule has 6 rings (SSSR count). The lowest BCUT2D eigenvalue weighted by Gasteiger charge is -2.30. The predicted octanol–water partition coefficient (Wildman–Crippen LogP) is 7.06. The van der Waals surface area contributed by atoms with Crippen LogP contribution in [-0.2, 0) is 11.4 Å². The number of hydrogen-bond donors (Lipinski definition) is 1. The maximum atomic E-state index is 12.4. The molecule has 8 nitrogen and oxygen atoms in total. The van der Waals surface area contributed by atoms with Gasteiger partial charge in [-0.15, -0.1) is 23.8 Å². The van der Waals surface area contributed by atoms with E-state index in [1.54, 1.807) is 11.8 Å². The zero-order chi connectivity index (χ0) is 30.1. The number of thioether (sulfide) groups is 1. The summed E-state index contributed by atoms with van der Waals surface area (Å²) < 4.78 is 42.6. The largest absolute Gasteiger partial charge is 0.573 e. The van der Waals surface area contributed by atoms with Crippen LogP contribution >= 0.6 is 24.0 Å². The fourth-order valence-corrected chi connectivity index (χ4v) is 6.04. The van der Waals surface area contributed by atoms with Crippen molar-refractivity contribution in [2.45, 2.75) is 32.7 Å². The first kappa shape index (κ1) is 28.9. The Morgan fingerprint density at radius 1 is 1.12 bits per heavy atom. The molecule has 43 heavy (non-hydrogen) atoms. The smallest absolute Gasteiger partial charge is 0.406 e. The van der Waals surface area contributed by atoms with Crippen LogP contribution in [0.5, 0.6) is 5.75 Å². The van der Waals surface area contributed by atoms with Gasteiger partial charge in [0.1, 0.15) is 12.1 Å². The number of alkyl halides is 3. The molecule has 1 unspecified atom stereocenters. The highest BCUT2D eigenvalue weighted by Crippen LogP contribution is 2.43. The van der Waals surface area contributed by atoms with E-state index in [1.165, 1.54) is 52.1 Å². The summed E-state index contributed by atoms with van der Waals surface area (Å²) in [5.41, 5.74) is 9.92. The van der Waals surface area contributed by atoms with Crippen molar-refractivity contribution in [2.24, 2.45) is 4.99 Å². The summed E-state index contributed by atoms with van der Waals surface area (Å²) in [7, 11) is 0. The lowest BCUT2D eigenvalue weighted by atomic mass is 9.93. The number of aliphatic imine (C=N–C) groups is 1. The van der Waals surface area contributed by atoms with Gasteiger partial charge in [-0.3, -0.25) is 4.90 Å². The van der Waals surface area contributed by atoms with E-state index in [9.17, 15) is 13.2 Å². The van der Waals surface area contributed by atoms with Crippen molar-refractivity contribution in [1.82, 2.24) is 20.2 Å². The fourth-order valence-electron chi connectivity index (χ4n) is 4.84. The number of fused-ring (bicyclic) bond motifs is 3. The summed E-state index contributed by atoms with van der Waals surface area (Å²) in [6, 6.07) is 19.4. The summed E-state index contributed by atoms with van der Waals surface area (Å²) in [6.07, 6.45) is -0.981. The molecule has 0 radical (unpaired) electrons. The molecule has 1 aromatic heterocycles. The molecule has 220 valence electrons. The number of thiocarbonyl (C=S) groups is 1. The quantitative estimate of drug-likeness (QED) is 0.181. The topological polar surface area (TPSA) is 76.8 Å². The molecule has 1 atom stereocenters. The van der Waals surface area contributed by atoms with Gasteiger partial charge in [0.15, 0.2) is 11.0 Å². The Kier molecular flexibility index (Phi) is 7.95. The maximum absolute atomic E-state index is 12.4. The lowest BCUT2D eigenvalue weighted by molar-refractivity contribution is -0.274. The van der Waals surface area contributed by atoms with E-state index in [2.05, 4.69) is 68.3 Å². The van der Waals surface area contributed by atoms with E-state index >= 15 is 0 Å². The summed E-state index contributed by atoms with van der Waals surface area (Å²) in [6.45, 7) is 4.68. The van der Waals surface area contributed by atoms with Crippen LogP contribution in [0.15, 0.2) is 89.8 Å². The Morgan fingerprint density at radius 2 is 1.88 bits per heavy atom. The van der Waals surface area contributed by atoms with Crippen molar-refractivity contribution in [1.29, 1.82) is 0 Å². The number of hydroxylamine groups is 1. The minimum absolute atomic E-state index is 0.0981. The van der Waals surface area contributed by atoms with Gasteiger partial charge in [-0.2, -0.15) is 4.99 Å². The average Bonchev–Trinajstić information content (AvgIpc) is 3.61. The summed E-state index contributed by atoms with van der Waals surface area (Å²) in [5.74, 6) is 1.33. The Hall–Kier alpha value is -4.20. The van der Waals surface area contributed by atoms with Crippen LogP contribution in [0.2, 0.25) is 0 Å².